The lowest BCUT2D eigenvalue weighted by Gasteiger charge is -2.19. The molecule has 0 bridgehead atoms. The first-order valence-corrected chi connectivity index (χ1v) is 6.76. The van der Waals surface area contributed by atoms with Gasteiger partial charge in [0.2, 0.25) is 11.8 Å². The molecule has 7 heteroatoms. The van der Waals surface area contributed by atoms with Crippen molar-refractivity contribution >= 4 is 11.9 Å². The van der Waals surface area contributed by atoms with Gasteiger partial charge in [-0.15, -0.1) is 0 Å². The Balaban J connectivity index is 2.52. The van der Waals surface area contributed by atoms with E-state index >= 15 is 0 Å². The molecule has 112 valence electrons. The molecule has 1 rings (SSSR count). The smallest absolute Gasteiger partial charge is 0.323 e. The Morgan fingerprint density at radius 3 is 2.60 bits per heavy atom. The molecular formula is C13H21N3O4. The summed E-state index contributed by atoms with van der Waals surface area (Å²) in [5, 5.41) is 12.6. The number of carbonyl (C=O) groups excluding carboxylic acids is 1. The van der Waals surface area contributed by atoms with E-state index in [1.165, 1.54) is 4.90 Å². The van der Waals surface area contributed by atoms with Gasteiger partial charge in [-0.05, 0) is 6.42 Å². The Morgan fingerprint density at radius 1 is 1.40 bits per heavy atom. The number of amides is 1. The first kappa shape index (κ1) is 16.1. The maximum absolute atomic E-state index is 12.0. The molecule has 0 radical (unpaired) electrons. The lowest BCUT2D eigenvalue weighted by molar-refractivity contribution is -0.144. The molecule has 0 aliphatic heterocycles. The number of hydrogen-bond acceptors (Lipinski definition) is 5. The predicted octanol–water partition coefficient (Wildman–Crippen LogP) is 1.45. The van der Waals surface area contributed by atoms with Crippen molar-refractivity contribution in [1.29, 1.82) is 0 Å². The van der Waals surface area contributed by atoms with Gasteiger partial charge in [-0.25, -0.2) is 0 Å². The second-order valence-corrected chi connectivity index (χ2v) is 4.91. The fraction of sp³-hybridized carbons (Fsp3) is 0.692. The standard InChI is InChI=1S/C13H21N3O4/c1-4-7-16(8-12(18)19)11(17)6-5-10-14-13(9(2)3)15-20-10/h9H,4-8H2,1-3H3,(H,18,19). The number of carboxylic acid groups (broad SMARTS) is 1. The maximum atomic E-state index is 12.0. The fourth-order valence-corrected chi connectivity index (χ4v) is 1.70. The van der Waals surface area contributed by atoms with Crippen LogP contribution in [-0.2, 0) is 16.0 Å². The first-order valence-electron chi connectivity index (χ1n) is 6.76. The van der Waals surface area contributed by atoms with Gasteiger partial charge in [-0.2, -0.15) is 4.98 Å². The van der Waals surface area contributed by atoms with Crippen LogP contribution in [0.3, 0.4) is 0 Å². The van der Waals surface area contributed by atoms with Crippen molar-refractivity contribution in [2.45, 2.75) is 46.0 Å². The molecule has 0 unspecified atom stereocenters. The highest BCUT2D eigenvalue weighted by Gasteiger charge is 2.17. The van der Waals surface area contributed by atoms with Gasteiger partial charge in [0.1, 0.15) is 6.54 Å². The third kappa shape index (κ3) is 4.99. The average Bonchev–Trinajstić information content (AvgIpc) is 2.84. The van der Waals surface area contributed by atoms with Crippen LogP contribution in [0.15, 0.2) is 4.52 Å². The summed E-state index contributed by atoms with van der Waals surface area (Å²) in [5.74, 6) is -0.0192. The zero-order valence-corrected chi connectivity index (χ0v) is 12.1. The van der Waals surface area contributed by atoms with Gasteiger partial charge in [0, 0.05) is 25.3 Å². The van der Waals surface area contributed by atoms with E-state index < -0.39 is 5.97 Å². The van der Waals surface area contributed by atoms with Crippen molar-refractivity contribution in [3.05, 3.63) is 11.7 Å². The quantitative estimate of drug-likeness (QED) is 0.775. The molecule has 1 amide bonds. The summed E-state index contributed by atoms with van der Waals surface area (Å²) in [6, 6.07) is 0. The van der Waals surface area contributed by atoms with Gasteiger partial charge < -0.3 is 14.5 Å². The second-order valence-electron chi connectivity index (χ2n) is 4.91. The summed E-state index contributed by atoms with van der Waals surface area (Å²) >= 11 is 0. The zero-order chi connectivity index (χ0) is 15.1. The van der Waals surface area contributed by atoms with Gasteiger partial charge in [0.15, 0.2) is 5.82 Å². The average molecular weight is 283 g/mol. The monoisotopic (exact) mass is 283 g/mol. The van der Waals surface area contributed by atoms with Gasteiger partial charge in [-0.1, -0.05) is 25.9 Å². The van der Waals surface area contributed by atoms with Gasteiger partial charge in [0.05, 0.1) is 0 Å². The molecule has 1 aromatic rings. The van der Waals surface area contributed by atoms with Crippen molar-refractivity contribution in [1.82, 2.24) is 15.0 Å². The van der Waals surface area contributed by atoms with Crippen LogP contribution >= 0.6 is 0 Å². The Kier molecular flexibility index (Phi) is 6.14. The summed E-state index contributed by atoms with van der Waals surface area (Å²) in [5.41, 5.74) is 0. The number of aliphatic carboxylic acids is 1. The number of aryl methyl sites for hydroxylation is 1. The van der Waals surface area contributed by atoms with Crippen molar-refractivity contribution in [2.24, 2.45) is 0 Å². The largest absolute Gasteiger partial charge is 0.480 e. The Labute approximate surface area is 118 Å². The number of carboxylic acids is 1. The summed E-state index contributed by atoms with van der Waals surface area (Å²) in [6.45, 7) is 5.97. The lowest BCUT2D eigenvalue weighted by Crippen LogP contribution is -2.36. The van der Waals surface area contributed by atoms with Crippen LogP contribution in [0.4, 0.5) is 0 Å². The van der Waals surface area contributed by atoms with Crippen LogP contribution in [0.25, 0.3) is 0 Å². The van der Waals surface area contributed by atoms with E-state index in [0.717, 1.165) is 6.42 Å². The Bertz CT molecular complexity index is 456. The molecule has 0 spiro atoms. The number of nitrogens with zero attached hydrogens (tertiary/aromatic N) is 3. The number of aromatic nitrogens is 2. The van der Waals surface area contributed by atoms with Crippen LogP contribution in [-0.4, -0.2) is 45.1 Å². The molecule has 0 saturated carbocycles. The van der Waals surface area contributed by atoms with Crippen molar-refractivity contribution in [3.8, 4) is 0 Å². The highest BCUT2D eigenvalue weighted by molar-refractivity contribution is 5.81. The Morgan fingerprint density at radius 2 is 2.10 bits per heavy atom. The third-order valence-corrected chi connectivity index (χ3v) is 2.73. The topological polar surface area (TPSA) is 96.5 Å². The summed E-state index contributed by atoms with van der Waals surface area (Å²) in [4.78, 5) is 28.2. The van der Waals surface area contributed by atoms with E-state index in [0.29, 0.717) is 24.7 Å². The van der Waals surface area contributed by atoms with Crippen molar-refractivity contribution in [2.75, 3.05) is 13.1 Å². The van der Waals surface area contributed by atoms with Crippen molar-refractivity contribution in [3.63, 3.8) is 0 Å². The molecule has 0 saturated heterocycles. The minimum absolute atomic E-state index is 0.173. The Hall–Kier alpha value is -1.92. The van der Waals surface area contributed by atoms with E-state index in [-0.39, 0.29) is 24.8 Å². The normalized spacial score (nSPS) is 10.8. The summed E-state index contributed by atoms with van der Waals surface area (Å²) < 4.78 is 5.05. The molecule has 7 nitrogen and oxygen atoms in total. The van der Waals surface area contributed by atoms with E-state index in [2.05, 4.69) is 10.1 Å². The minimum atomic E-state index is -1.01. The van der Waals surface area contributed by atoms with Gasteiger partial charge in [0.25, 0.3) is 0 Å². The molecule has 20 heavy (non-hydrogen) atoms. The first-order chi connectivity index (χ1) is 9.43. The van der Waals surface area contributed by atoms with Crippen LogP contribution < -0.4 is 0 Å². The predicted molar refractivity (Wildman–Crippen MR) is 71.2 cm³/mol. The molecule has 1 aromatic heterocycles. The lowest BCUT2D eigenvalue weighted by atomic mass is 10.2. The van der Waals surface area contributed by atoms with Crippen LogP contribution in [0.1, 0.15) is 51.2 Å². The fourth-order valence-electron chi connectivity index (χ4n) is 1.70. The highest BCUT2D eigenvalue weighted by Crippen LogP contribution is 2.11. The minimum Gasteiger partial charge on any atom is -0.480 e. The number of hydrogen-bond donors (Lipinski definition) is 1. The van der Waals surface area contributed by atoms with E-state index in [9.17, 15) is 9.59 Å². The molecule has 1 heterocycles. The molecular weight excluding hydrogens is 262 g/mol. The van der Waals surface area contributed by atoms with E-state index in [1.54, 1.807) is 0 Å². The molecule has 1 N–H and O–H groups in total. The van der Waals surface area contributed by atoms with Crippen LogP contribution in [0, 0.1) is 0 Å². The second kappa shape index (κ2) is 7.62. The van der Waals surface area contributed by atoms with Crippen LogP contribution in [0.2, 0.25) is 0 Å². The maximum Gasteiger partial charge on any atom is 0.323 e. The van der Waals surface area contributed by atoms with E-state index in [1.807, 2.05) is 20.8 Å². The molecule has 0 aliphatic carbocycles. The van der Waals surface area contributed by atoms with Crippen molar-refractivity contribution < 1.29 is 19.2 Å². The van der Waals surface area contributed by atoms with Gasteiger partial charge in [-0.3, -0.25) is 9.59 Å². The van der Waals surface area contributed by atoms with Gasteiger partial charge >= 0.3 is 5.97 Å². The number of carbonyl (C=O) groups is 2. The molecule has 0 aliphatic rings. The van der Waals surface area contributed by atoms with Crippen LogP contribution in [0.5, 0.6) is 0 Å². The molecule has 0 aromatic carbocycles. The zero-order valence-electron chi connectivity index (χ0n) is 12.1. The highest BCUT2D eigenvalue weighted by atomic mass is 16.5. The SMILES string of the molecule is CCCN(CC(=O)O)C(=O)CCc1nc(C(C)C)no1. The summed E-state index contributed by atoms with van der Waals surface area (Å²) in [6.07, 6.45) is 1.22. The van der Waals surface area contributed by atoms with E-state index in [4.69, 9.17) is 9.63 Å². The third-order valence-electron chi connectivity index (χ3n) is 2.73. The number of rotatable bonds is 8. The molecule has 0 fully saturated rings. The molecule has 0 atom stereocenters. The summed E-state index contributed by atoms with van der Waals surface area (Å²) in [7, 11) is 0.